The van der Waals surface area contributed by atoms with Gasteiger partial charge in [0.15, 0.2) is 5.58 Å². The smallest absolute Gasteiger partial charge is 0.167 e. The van der Waals surface area contributed by atoms with E-state index in [1.165, 1.54) is 0 Å². The lowest BCUT2D eigenvalue weighted by Gasteiger charge is -2.07. The molecule has 1 aromatic heterocycles. The summed E-state index contributed by atoms with van der Waals surface area (Å²) in [6, 6.07) is 13.3. The van der Waals surface area contributed by atoms with Crippen molar-refractivity contribution in [3.05, 3.63) is 58.7 Å². The van der Waals surface area contributed by atoms with Gasteiger partial charge in [-0.2, -0.15) is 0 Å². The summed E-state index contributed by atoms with van der Waals surface area (Å²) in [7, 11) is 0. The molecule has 0 N–H and O–H groups in total. The summed E-state index contributed by atoms with van der Waals surface area (Å²) in [6.45, 7) is 0.418. The van der Waals surface area contributed by atoms with Gasteiger partial charge >= 0.3 is 0 Å². The standard InChI is InChI=1S/C16H13Cl2NO2/c17-8-7-15-13-9-12(5-6-16(13)21-19-15)20-10-11-3-1-2-4-14(11)18/h1-6,9H,7-8,10H2. The first kappa shape index (κ1) is 14.2. The number of rotatable bonds is 5. The fourth-order valence-corrected chi connectivity index (χ4v) is 2.47. The average molecular weight is 322 g/mol. The van der Waals surface area contributed by atoms with Crippen LogP contribution in [-0.2, 0) is 13.0 Å². The van der Waals surface area contributed by atoms with Gasteiger partial charge in [-0.15, -0.1) is 11.6 Å². The van der Waals surface area contributed by atoms with Gasteiger partial charge in [-0.3, -0.25) is 0 Å². The molecule has 3 nitrogen and oxygen atoms in total. The number of hydrogen-bond donors (Lipinski definition) is 0. The summed E-state index contributed by atoms with van der Waals surface area (Å²) in [5, 5.41) is 5.66. The normalized spacial score (nSPS) is 11.0. The van der Waals surface area contributed by atoms with E-state index >= 15 is 0 Å². The Bertz CT molecular complexity index is 755. The number of ether oxygens (including phenoxy) is 1. The minimum Gasteiger partial charge on any atom is -0.489 e. The number of halogens is 2. The van der Waals surface area contributed by atoms with Crippen LogP contribution >= 0.6 is 23.2 Å². The van der Waals surface area contributed by atoms with Crippen LogP contribution in [-0.4, -0.2) is 11.0 Å². The number of hydrogen-bond acceptors (Lipinski definition) is 3. The Morgan fingerprint density at radius 3 is 2.81 bits per heavy atom. The van der Waals surface area contributed by atoms with Crippen LogP contribution in [0.3, 0.4) is 0 Å². The minimum absolute atomic E-state index is 0.418. The monoisotopic (exact) mass is 321 g/mol. The molecular formula is C16H13Cl2NO2. The van der Waals surface area contributed by atoms with Crippen LogP contribution in [0.25, 0.3) is 11.0 Å². The van der Waals surface area contributed by atoms with Crippen LogP contribution in [0.1, 0.15) is 11.3 Å². The SMILES string of the molecule is ClCCc1noc2ccc(OCc3ccccc3Cl)cc12. The molecule has 0 unspecified atom stereocenters. The predicted octanol–water partition coefficient (Wildman–Crippen LogP) is 4.84. The van der Waals surface area contributed by atoms with Gasteiger partial charge in [0.25, 0.3) is 0 Å². The van der Waals surface area contributed by atoms with Crippen molar-refractivity contribution < 1.29 is 9.26 Å². The molecule has 108 valence electrons. The van der Waals surface area contributed by atoms with Gasteiger partial charge in [-0.1, -0.05) is 35.0 Å². The third-order valence-electron chi connectivity index (χ3n) is 3.20. The second-order valence-corrected chi connectivity index (χ2v) is 5.39. The first-order valence-electron chi connectivity index (χ1n) is 6.58. The maximum absolute atomic E-state index is 6.11. The number of aromatic nitrogens is 1. The largest absolute Gasteiger partial charge is 0.489 e. The quantitative estimate of drug-likeness (QED) is 0.630. The summed E-state index contributed by atoms with van der Waals surface area (Å²) in [5.41, 5.74) is 2.54. The van der Waals surface area contributed by atoms with Gasteiger partial charge < -0.3 is 9.26 Å². The van der Waals surface area contributed by atoms with E-state index in [4.69, 9.17) is 32.5 Å². The van der Waals surface area contributed by atoms with Crippen molar-refractivity contribution in [1.82, 2.24) is 5.16 Å². The first-order valence-corrected chi connectivity index (χ1v) is 7.49. The minimum atomic E-state index is 0.418. The molecule has 0 aliphatic rings. The molecule has 1 heterocycles. The second kappa shape index (κ2) is 6.37. The van der Waals surface area contributed by atoms with Crippen LogP contribution in [0.5, 0.6) is 5.75 Å². The van der Waals surface area contributed by atoms with E-state index in [1.54, 1.807) is 0 Å². The van der Waals surface area contributed by atoms with Crippen molar-refractivity contribution in [2.24, 2.45) is 0 Å². The van der Waals surface area contributed by atoms with Crippen molar-refractivity contribution >= 4 is 34.2 Å². The summed E-state index contributed by atoms with van der Waals surface area (Å²) in [4.78, 5) is 0. The third-order valence-corrected chi connectivity index (χ3v) is 3.76. The van der Waals surface area contributed by atoms with Gasteiger partial charge in [0, 0.05) is 28.3 Å². The lowest BCUT2D eigenvalue weighted by atomic mass is 10.2. The Hall–Kier alpha value is -1.71. The lowest BCUT2D eigenvalue weighted by Crippen LogP contribution is -1.96. The molecule has 5 heteroatoms. The highest BCUT2D eigenvalue weighted by Crippen LogP contribution is 2.25. The molecule has 0 amide bonds. The Morgan fingerprint density at radius 2 is 2.00 bits per heavy atom. The zero-order chi connectivity index (χ0) is 14.7. The average Bonchev–Trinajstić information content (AvgIpc) is 2.89. The highest BCUT2D eigenvalue weighted by molar-refractivity contribution is 6.31. The van der Waals surface area contributed by atoms with Gasteiger partial charge in [0.2, 0.25) is 0 Å². The second-order valence-electron chi connectivity index (χ2n) is 4.61. The molecule has 0 bridgehead atoms. The van der Waals surface area contributed by atoms with Gasteiger partial charge in [-0.05, 0) is 24.3 Å². The van der Waals surface area contributed by atoms with E-state index < -0.39 is 0 Å². The molecule has 0 fully saturated rings. The topological polar surface area (TPSA) is 35.3 Å². The van der Waals surface area contributed by atoms with E-state index in [0.29, 0.717) is 23.9 Å². The van der Waals surface area contributed by atoms with E-state index in [9.17, 15) is 0 Å². The zero-order valence-corrected chi connectivity index (χ0v) is 12.7. The fraction of sp³-hybridized carbons (Fsp3) is 0.188. The Balaban J connectivity index is 1.81. The first-order chi connectivity index (χ1) is 10.3. The number of aryl methyl sites for hydroxylation is 1. The van der Waals surface area contributed by atoms with Crippen LogP contribution in [0.2, 0.25) is 5.02 Å². The molecule has 0 radical (unpaired) electrons. The summed E-state index contributed by atoms with van der Waals surface area (Å²) >= 11 is 11.9. The van der Waals surface area contributed by atoms with Crippen molar-refractivity contribution in [3.8, 4) is 5.75 Å². The van der Waals surface area contributed by atoms with Crippen LogP contribution < -0.4 is 4.74 Å². The number of fused-ring (bicyclic) bond motifs is 1. The number of benzene rings is 2. The summed E-state index contributed by atoms with van der Waals surface area (Å²) in [5.74, 6) is 1.26. The summed E-state index contributed by atoms with van der Waals surface area (Å²) < 4.78 is 11.0. The zero-order valence-electron chi connectivity index (χ0n) is 11.2. The molecule has 2 aromatic carbocycles. The molecule has 3 rings (SSSR count). The van der Waals surface area contributed by atoms with Crippen molar-refractivity contribution in [2.45, 2.75) is 13.0 Å². The van der Waals surface area contributed by atoms with Crippen LogP contribution in [0.4, 0.5) is 0 Å². The molecule has 0 aliphatic heterocycles. The van der Waals surface area contributed by atoms with Gasteiger partial charge in [-0.25, -0.2) is 0 Å². The van der Waals surface area contributed by atoms with Crippen molar-refractivity contribution in [3.63, 3.8) is 0 Å². The highest BCUT2D eigenvalue weighted by Gasteiger charge is 2.09. The predicted molar refractivity (Wildman–Crippen MR) is 84.2 cm³/mol. The van der Waals surface area contributed by atoms with Crippen LogP contribution in [0.15, 0.2) is 47.0 Å². The molecule has 0 aliphatic carbocycles. The number of alkyl halides is 1. The fourth-order valence-electron chi connectivity index (χ4n) is 2.10. The van der Waals surface area contributed by atoms with E-state index in [2.05, 4.69) is 5.16 Å². The summed E-state index contributed by atoms with van der Waals surface area (Å²) in [6.07, 6.45) is 0.669. The molecule has 0 spiro atoms. The maximum Gasteiger partial charge on any atom is 0.167 e. The van der Waals surface area contributed by atoms with Gasteiger partial charge in [0.1, 0.15) is 12.4 Å². The third kappa shape index (κ3) is 3.14. The number of nitrogens with zero attached hydrogens (tertiary/aromatic N) is 1. The Labute approximate surface area is 132 Å². The molecule has 21 heavy (non-hydrogen) atoms. The molecule has 0 saturated heterocycles. The molecule has 0 atom stereocenters. The van der Waals surface area contributed by atoms with Crippen molar-refractivity contribution in [1.29, 1.82) is 0 Å². The maximum atomic E-state index is 6.11. The molecular weight excluding hydrogens is 309 g/mol. The molecule has 0 saturated carbocycles. The Morgan fingerprint density at radius 1 is 1.14 bits per heavy atom. The van der Waals surface area contributed by atoms with Crippen LogP contribution in [0, 0.1) is 0 Å². The van der Waals surface area contributed by atoms with E-state index in [-0.39, 0.29) is 0 Å². The lowest BCUT2D eigenvalue weighted by molar-refractivity contribution is 0.306. The van der Waals surface area contributed by atoms with E-state index in [1.807, 2.05) is 42.5 Å². The highest BCUT2D eigenvalue weighted by atomic mass is 35.5. The molecule has 3 aromatic rings. The van der Waals surface area contributed by atoms with E-state index in [0.717, 1.165) is 28.0 Å². The van der Waals surface area contributed by atoms with Gasteiger partial charge in [0.05, 0.1) is 5.69 Å². The Kier molecular flexibility index (Phi) is 4.32. The van der Waals surface area contributed by atoms with Crippen molar-refractivity contribution in [2.75, 3.05) is 5.88 Å².